The number of likely N-dealkylation sites (tertiary alicyclic amines) is 1. The fourth-order valence-electron chi connectivity index (χ4n) is 3.96. The predicted molar refractivity (Wildman–Crippen MR) is 99.2 cm³/mol. The van der Waals surface area contributed by atoms with Gasteiger partial charge in [0.25, 0.3) is 0 Å². The molecule has 2 fully saturated rings. The van der Waals surface area contributed by atoms with Crippen molar-refractivity contribution in [2.75, 3.05) is 11.9 Å². The zero-order chi connectivity index (χ0) is 17.6. The van der Waals surface area contributed by atoms with Gasteiger partial charge in [0.05, 0.1) is 0 Å². The van der Waals surface area contributed by atoms with Crippen LogP contribution in [0.5, 0.6) is 0 Å². The lowest BCUT2D eigenvalue weighted by molar-refractivity contribution is -0.129. The van der Waals surface area contributed by atoms with E-state index in [-0.39, 0.29) is 11.9 Å². The number of rotatable bonds is 5. The van der Waals surface area contributed by atoms with Gasteiger partial charge >= 0.3 is 0 Å². The lowest BCUT2D eigenvalue weighted by Gasteiger charge is -2.27. The maximum Gasteiger partial charge on any atom is 0.224 e. The predicted octanol–water partition coefficient (Wildman–Crippen LogP) is 3.06. The summed E-state index contributed by atoms with van der Waals surface area (Å²) in [5, 5.41) is 6.29. The molecule has 136 valence electrons. The first kappa shape index (κ1) is 17.9. The summed E-state index contributed by atoms with van der Waals surface area (Å²) in [6.45, 7) is 3.09. The summed E-state index contributed by atoms with van der Waals surface area (Å²) >= 11 is 0. The minimum absolute atomic E-state index is 0.0612. The molecule has 1 atom stereocenters. The molecule has 1 saturated heterocycles. The number of nitrogens with zero attached hydrogens (tertiary/aromatic N) is 1. The molecule has 2 N–H and O–H groups in total. The van der Waals surface area contributed by atoms with Gasteiger partial charge in [-0.2, -0.15) is 0 Å². The molecule has 0 spiro atoms. The molecule has 0 aromatic heterocycles. The SMILES string of the molecule is CC(=O)Nc1ccc(CN[C@H]2CC(=O)N(C3CCCCCC3)C2)cc1. The number of hydrogen-bond donors (Lipinski definition) is 2. The van der Waals surface area contributed by atoms with Crippen LogP contribution in [-0.2, 0) is 16.1 Å². The van der Waals surface area contributed by atoms with E-state index in [0.717, 1.165) is 24.3 Å². The van der Waals surface area contributed by atoms with Crippen molar-refractivity contribution < 1.29 is 9.59 Å². The Bertz CT molecular complexity index is 591. The second-order valence-electron chi connectivity index (χ2n) is 7.35. The topological polar surface area (TPSA) is 61.4 Å². The Kier molecular flexibility index (Phi) is 6.08. The standard InChI is InChI=1S/C20H29N3O2/c1-15(24)22-17-10-8-16(9-11-17)13-21-18-12-20(25)23(14-18)19-6-4-2-3-5-7-19/h8-11,18-19,21H,2-7,12-14H2,1H3,(H,22,24)/t18-/m0/s1. The molecule has 2 aliphatic rings. The van der Waals surface area contributed by atoms with Gasteiger partial charge in [0.1, 0.15) is 0 Å². The van der Waals surface area contributed by atoms with Crippen molar-refractivity contribution in [2.45, 2.75) is 70.5 Å². The van der Waals surface area contributed by atoms with E-state index in [0.29, 0.717) is 18.4 Å². The summed E-state index contributed by atoms with van der Waals surface area (Å²) in [4.78, 5) is 25.6. The second kappa shape index (κ2) is 8.48. The third-order valence-electron chi connectivity index (χ3n) is 5.29. The molecule has 0 unspecified atom stereocenters. The quantitative estimate of drug-likeness (QED) is 0.808. The minimum atomic E-state index is -0.0612. The first-order chi connectivity index (χ1) is 12.1. The van der Waals surface area contributed by atoms with Crippen LogP contribution in [-0.4, -0.2) is 35.3 Å². The molecule has 1 aromatic rings. The van der Waals surface area contributed by atoms with Crippen LogP contribution in [0.15, 0.2) is 24.3 Å². The van der Waals surface area contributed by atoms with Gasteiger partial charge < -0.3 is 15.5 Å². The van der Waals surface area contributed by atoms with Gasteiger partial charge in [0.15, 0.2) is 0 Å². The number of carbonyl (C=O) groups excluding carboxylic acids is 2. The van der Waals surface area contributed by atoms with Crippen molar-refractivity contribution >= 4 is 17.5 Å². The fourth-order valence-corrected chi connectivity index (χ4v) is 3.96. The summed E-state index contributed by atoms with van der Waals surface area (Å²) in [5.41, 5.74) is 1.97. The summed E-state index contributed by atoms with van der Waals surface area (Å²) < 4.78 is 0. The minimum Gasteiger partial charge on any atom is -0.338 e. The molecule has 1 saturated carbocycles. The number of nitrogens with one attached hydrogen (secondary N) is 2. The summed E-state index contributed by atoms with van der Waals surface area (Å²) in [6.07, 6.45) is 8.09. The van der Waals surface area contributed by atoms with E-state index in [1.807, 2.05) is 24.3 Å². The highest BCUT2D eigenvalue weighted by Gasteiger charge is 2.33. The van der Waals surface area contributed by atoms with E-state index in [2.05, 4.69) is 15.5 Å². The second-order valence-corrected chi connectivity index (χ2v) is 7.35. The van der Waals surface area contributed by atoms with E-state index >= 15 is 0 Å². The third kappa shape index (κ3) is 5.05. The van der Waals surface area contributed by atoms with Crippen LogP contribution in [0, 0.1) is 0 Å². The Morgan fingerprint density at radius 3 is 2.44 bits per heavy atom. The van der Waals surface area contributed by atoms with E-state index in [1.165, 1.54) is 45.4 Å². The maximum atomic E-state index is 12.4. The Morgan fingerprint density at radius 1 is 1.12 bits per heavy atom. The molecule has 0 bridgehead atoms. The van der Waals surface area contributed by atoms with Crippen LogP contribution in [0.25, 0.3) is 0 Å². The summed E-state index contributed by atoms with van der Waals surface area (Å²) in [5.74, 6) is 0.249. The van der Waals surface area contributed by atoms with Crippen molar-refractivity contribution in [1.82, 2.24) is 10.2 Å². The van der Waals surface area contributed by atoms with Crippen LogP contribution in [0.2, 0.25) is 0 Å². The van der Waals surface area contributed by atoms with E-state index in [4.69, 9.17) is 0 Å². The maximum absolute atomic E-state index is 12.4. The number of hydrogen-bond acceptors (Lipinski definition) is 3. The van der Waals surface area contributed by atoms with Crippen LogP contribution < -0.4 is 10.6 Å². The highest BCUT2D eigenvalue weighted by molar-refractivity contribution is 5.88. The van der Waals surface area contributed by atoms with Crippen LogP contribution in [0.1, 0.15) is 57.4 Å². The molecule has 1 aliphatic carbocycles. The normalized spacial score (nSPS) is 22.0. The molecular weight excluding hydrogens is 314 g/mol. The number of carbonyl (C=O) groups is 2. The molecule has 25 heavy (non-hydrogen) atoms. The Hall–Kier alpha value is -1.88. The smallest absolute Gasteiger partial charge is 0.224 e. The number of amides is 2. The van der Waals surface area contributed by atoms with Crippen LogP contribution in [0.3, 0.4) is 0 Å². The van der Waals surface area contributed by atoms with Crippen molar-refractivity contribution in [3.63, 3.8) is 0 Å². The molecule has 5 heteroatoms. The van der Waals surface area contributed by atoms with Gasteiger partial charge in [0, 0.05) is 44.2 Å². The van der Waals surface area contributed by atoms with E-state index in [1.54, 1.807) is 0 Å². The lowest BCUT2D eigenvalue weighted by Crippen LogP contribution is -2.38. The Balaban J connectivity index is 1.49. The number of anilines is 1. The molecule has 3 rings (SSSR count). The van der Waals surface area contributed by atoms with Crippen molar-refractivity contribution in [3.8, 4) is 0 Å². The lowest BCUT2D eigenvalue weighted by atomic mass is 10.1. The first-order valence-electron chi connectivity index (χ1n) is 9.51. The molecular formula is C20H29N3O2. The van der Waals surface area contributed by atoms with E-state index < -0.39 is 0 Å². The van der Waals surface area contributed by atoms with Crippen LogP contribution in [0.4, 0.5) is 5.69 Å². The average molecular weight is 343 g/mol. The largest absolute Gasteiger partial charge is 0.338 e. The summed E-state index contributed by atoms with van der Waals surface area (Å²) in [6, 6.07) is 8.55. The highest BCUT2D eigenvalue weighted by atomic mass is 16.2. The van der Waals surface area contributed by atoms with Gasteiger partial charge in [-0.25, -0.2) is 0 Å². The van der Waals surface area contributed by atoms with Gasteiger partial charge in [-0.1, -0.05) is 37.8 Å². The molecule has 1 heterocycles. The first-order valence-corrected chi connectivity index (χ1v) is 9.51. The zero-order valence-corrected chi connectivity index (χ0v) is 15.1. The number of benzene rings is 1. The summed E-state index contributed by atoms with van der Waals surface area (Å²) in [7, 11) is 0. The molecule has 5 nitrogen and oxygen atoms in total. The highest BCUT2D eigenvalue weighted by Crippen LogP contribution is 2.26. The van der Waals surface area contributed by atoms with Gasteiger partial charge in [-0.15, -0.1) is 0 Å². The van der Waals surface area contributed by atoms with Crippen molar-refractivity contribution in [1.29, 1.82) is 0 Å². The van der Waals surface area contributed by atoms with Crippen molar-refractivity contribution in [2.24, 2.45) is 0 Å². The zero-order valence-electron chi connectivity index (χ0n) is 15.1. The Labute approximate surface area is 150 Å². The molecule has 1 aromatic carbocycles. The Morgan fingerprint density at radius 2 is 1.80 bits per heavy atom. The van der Waals surface area contributed by atoms with Gasteiger partial charge in [-0.05, 0) is 30.5 Å². The average Bonchev–Trinajstić information content (AvgIpc) is 2.79. The molecule has 2 amide bonds. The molecule has 0 radical (unpaired) electrons. The van der Waals surface area contributed by atoms with Gasteiger partial charge in [-0.3, -0.25) is 9.59 Å². The monoisotopic (exact) mass is 343 g/mol. The third-order valence-corrected chi connectivity index (χ3v) is 5.29. The molecule has 1 aliphatic heterocycles. The van der Waals surface area contributed by atoms with Crippen molar-refractivity contribution in [3.05, 3.63) is 29.8 Å². The van der Waals surface area contributed by atoms with E-state index in [9.17, 15) is 9.59 Å². The fraction of sp³-hybridized carbons (Fsp3) is 0.600. The van der Waals surface area contributed by atoms with Gasteiger partial charge in [0.2, 0.25) is 11.8 Å². The van der Waals surface area contributed by atoms with Crippen LogP contribution >= 0.6 is 0 Å².